The first-order valence-electron chi connectivity index (χ1n) is 11.5. The lowest BCUT2D eigenvalue weighted by Crippen LogP contribution is -2.45. The van der Waals surface area contributed by atoms with Gasteiger partial charge in [-0.05, 0) is 80.6 Å². The number of aromatic amines is 1. The Labute approximate surface area is 184 Å². The van der Waals surface area contributed by atoms with Crippen molar-refractivity contribution >= 4 is 11.0 Å². The number of imidazole rings is 1. The zero-order valence-electron chi connectivity index (χ0n) is 18.9. The number of aromatic nitrogens is 2. The molecule has 2 atom stereocenters. The molecule has 1 unspecified atom stereocenters. The standard InChI is InChI=1S/C26H34FN3O/c1-18(2)25-21-11-10-20(27)17-19(21)12-13-26(25,31)14-16-30(3)15-6-9-24-28-22-7-4-5-8-23(22)29-24/h4-5,7-8,10-11,17-18,25,31H,6,9,12-16H2,1-3H3,(H,28,29)/t25?,26-/m0/s1. The van der Waals surface area contributed by atoms with Gasteiger partial charge in [-0.2, -0.15) is 0 Å². The molecule has 1 aliphatic carbocycles. The minimum Gasteiger partial charge on any atom is -0.389 e. The molecule has 4 rings (SSSR count). The lowest BCUT2D eigenvalue weighted by Gasteiger charge is -2.44. The number of aryl methyl sites for hydroxylation is 2. The van der Waals surface area contributed by atoms with Gasteiger partial charge in [0, 0.05) is 18.9 Å². The van der Waals surface area contributed by atoms with E-state index in [0.29, 0.717) is 12.3 Å². The summed E-state index contributed by atoms with van der Waals surface area (Å²) in [5.41, 5.74) is 3.54. The molecule has 166 valence electrons. The van der Waals surface area contributed by atoms with Crippen LogP contribution in [-0.2, 0) is 12.8 Å². The first-order valence-corrected chi connectivity index (χ1v) is 11.5. The summed E-state index contributed by atoms with van der Waals surface area (Å²) in [6, 6.07) is 13.2. The number of nitrogens with zero attached hydrogens (tertiary/aromatic N) is 2. The Bertz CT molecular complexity index is 997. The van der Waals surface area contributed by atoms with Crippen molar-refractivity contribution < 1.29 is 9.50 Å². The number of halogens is 1. The summed E-state index contributed by atoms with van der Waals surface area (Å²) in [6.45, 7) is 6.12. The zero-order chi connectivity index (χ0) is 22.0. The summed E-state index contributed by atoms with van der Waals surface area (Å²) in [5.74, 6) is 1.19. The number of rotatable bonds is 8. The molecule has 2 N–H and O–H groups in total. The van der Waals surface area contributed by atoms with Crippen LogP contribution in [0.3, 0.4) is 0 Å². The van der Waals surface area contributed by atoms with Gasteiger partial charge in [0.25, 0.3) is 0 Å². The normalized spacial score (nSPS) is 21.2. The van der Waals surface area contributed by atoms with Crippen molar-refractivity contribution in [1.29, 1.82) is 0 Å². The van der Waals surface area contributed by atoms with Crippen LogP contribution in [0.2, 0.25) is 0 Å². The van der Waals surface area contributed by atoms with Gasteiger partial charge in [0.05, 0.1) is 16.6 Å². The molecule has 0 amide bonds. The van der Waals surface area contributed by atoms with Crippen molar-refractivity contribution in [3.8, 4) is 0 Å². The SMILES string of the molecule is CC(C)C1c2ccc(F)cc2CC[C@]1(O)CCN(C)CCCc1nc2ccccc2[nH]1. The van der Waals surface area contributed by atoms with Gasteiger partial charge in [-0.15, -0.1) is 0 Å². The summed E-state index contributed by atoms with van der Waals surface area (Å²) in [6.07, 6.45) is 4.09. The van der Waals surface area contributed by atoms with E-state index in [-0.39, 0.29) is 11.7 Å². The van der Waals surface area contributed by atoms with Gasteiger partial charge < -0.3 is 15.0 Å². The maximum atomic E-state index is 13.7. The van der Waals surface area contributed by atoms with Crippen LogP contribution in [0.15, 0.2) is 42.5 Å². The van der Waals surface area contributed by atoms with E-state index in [1.165, 1.54) is 6.07 Å². The number of aliphatic hydroxyl groups is 1. The average molecular weight is 424 g/mol. The van der Waals surface area contributed by atoms with E-state index in [0.717, 1.165) is 66.8 Å². The maximum Gasteiger partial charge on any atom is 0.123 e. The van der Waals surface area contributed by atoms with Crippen LogP contribution in [0.25, 0.3) is 11.0 Å². The Morgan fingerprint density at radius 3 is 2.81 bits per heavy atom. The molecule has 4 nitrogen and oxygen atoms in total. The van der Waals surface area contributed by atoms with Gasteiger partial charge in [0.15, 0.2) is 0 Å². The minimum atomic E-state index is -0.744. The molecule has 0 saturated carbocycles. The topological polar surface area (TPSA) is 52.1 Å². The van der Waals surface area contributed by atoms with E-state index < -0.39 is 5.60 Å². The Morgan fingerprint density at radius 1 is 1.23 bits per heavy atom. The summed E-state index contributed by atoms with van der Waals surface area (Å²) < 4.78 is 13.7. The highest BCUT2D eigenvalue weighted by molar-refractivity contribution is 5.74. The van der Waals surface area contributed by atoms with E-state index in [4.69, 9.17) is 0 Å². The van der Waals surface area contributed by atoms with E-state index in [2.05, 4.69) is 41.8 Å². The van der Waals surface area contributed by atoms with Crippen LogP contribution < -0.4 is 0 Å². The third-order valence-electron chi connectivity index (χ3n) is 6.83. The van der Waals surface area contributed by atoms with E-state index in [1.54, 1.807) is 6.07 Å². The second-order valence-corrected chi connectivity index (χ2v) is 9.53. The molecule has 1 aliphatic rings. The van der Waals surface area contributed by atoms with Crippen molar-refractivity contribution in [2.75, 3.05) is 20.1 Å². The fourth-order valence-electron chi connectivity index (χ4n) is 5.29. The van der Waals surface area contributed by atoms with Crippen molar-refractivity contribution in [3.63, 3.8) is 0 Å². The van der Waals surface area contributed by atoms with Crippen LogP contribution >= 0.6 is 0 Å². The minimum absolute atomic E-state index is 0.0424. The van der Waals surface area contributed by atoms with Crippen LogP contribution in [0.1, 0.15) is 56.0 Å². The molecule has 0 radical (unpaired) electrons. The molecule has 0 aliphatic heterocycles. The lowest BCUT2D eigenvalue weighted by molar-refractivity contribution is -0.0301. The summed E-state index contributed by atoms with van der Waals surface area (Å²) in [4.78, 5) is 10.4. The van der Waals surface area contributed by atoms with Crippen molar-refractivity contribution in [2.45, 2.75) is 57.5 Å². The predicted molar refractivity (Wildman–Crippen MR) is 124 cm³/mol. The molecule has 1 heterocycles. The first-order chi connectivity index (χ1) is 14.9. The first kappa shape index (κ1) is 22.0. The van der Waals surface area contributed by atoms with Crippen LogP contribution in [-0.4, -0.2) is 45.7 Å². The molecule has 0 bridgehead atoms. The molecular weight excluding hydrogens is 389 g/mol. The number of nitrogens with one attached hydrogen (secondary N) is 1. The zero-order valence-corrected chi connectivity index (χ0v) is 18.9. The quantitative estimate of drug-likeness (QED) is 0.532. The van der Waals surface area contributed by atoms with Crippen LogP contribution in [0, 0.1) is 11.7 Å². The van der Waals surface area contributed by atoms with E-state index in [1.807, 2.05) is 24.3 Å². The summed E-state index contributed by atoms with van der Waals surface area (Å²) in [7, 11) is 2.12. The van der Waals surface area contributed by atoms with Crippen LogP contribution in [0.5, 0.6) is 0 Å². The predicted octanol–water partition coefficient (Wildman–Crippen LogP) is 5.07. The van der Waals surface area contributed by atoms with Gasteiger partial charge in [-0.25, -0.2) is 9.37 Å². The maximum absolute atomic E-state index is 13.7. The third-order valence-corrected chi connectivity index (χ3v) is 6.83. The smallest absolute Gasteiger partial charge is 0.123 e. The van der Waals surface area contributed by atoms with Gasteiger partial charge in [-0.1, -0.05) is 32.0 Å². The molecule has 2 aromatic carbocycles. The largest absolute Gasteiger partial charge is 0.389 e. The third kappa shape index (κ3) is 4.83. The monoisotopic (exact) mass is 423 g/mol. The fraction of sp³-hybridized carbons (Fsp3) is 0.500. The second-order valence-electron chi connectivity index (χ2n) is 9.53. The second kappa shape index (κ2) is 9.09. The van der Waals surface area contributed by atoms with Gasteiger partial charge in [0.1, 0.15) is 11.6 Å². The summed E-state index contributed by atoms with van der Waals surface area (Å²) in [5, 5.41) is 11.6. The Hall–Kier alpha value is -2.24. The highest BCUT2D eigenvalue weighted by atomic mass is 19.1. The number of H-pyrrole nitrogens is 1. The highest BCUT2D eigenvalue weighted by Gasteiger charge is 2.43. The Balaban J connectivity index is 1.33. The molecule has 0 spiro atoms. The average Bonchev–Trinajstić information content (AvgIpc) is 3.15. The Kier molecular flexibility index (Phi) is 6.44. The van der Waals surface area contributed by atoms with Gasteiger partial charge in [-0.3, -0.25) is 0 Å². The number of para-hydroxylation sites is 2. The molecule has 31 heavy (non-hydrogen) atoms. The number of benzene rings is 2. The number of hydrogen-bond acceptors (Lipinski definition) is 3. The molecular formula is C26H34FN3O. The fourth-order valence-corrected chi connectivity index (χ4v) is 5.29. The van der Waals surface area contributed by atoms with Crippen LogP contribution in [0.4, 0.5) is 4.39 Å². The molecule has 1 aromatic heterocycles. The number of hydrogen-bond donors (Lipinski definition) is 2. The van der Waals surface area contributed by atoms with E-state index >= 15 is 0 Å². The van der Waals surface area contributed by atoms with Crippen molar-refractivity contribution in [2.24, 2.45) is 5.92 Å². The molecule has 0 saturated heterocycles. The van der Waals surface area contributed by atoms with E-state index in [9.17, 15) is 9.50 Å². The van der Waals surface area contributed by atoms with Crippen molar-refractivity contribution in [3.05, 3.63) is 65.2 Å². The molecule has 3 aromatic rings. The lowest BCUT2D eigenvalue weighted by atomic mass is 9.66. The van der Waals surface area contributed by atoms with Crippen molar-refractivity contribution in [1.82, 2.24) is 14.9 Å². The highest BCUT2D eigenvalue weighted by Crippen LogP contribution is 2.45. The van der Waals surface area contributed by atoms with Gasteiger partial charge in [0.2, 0.25) is 0 Å². The number of fused-ring (bicyclic) bond motifs is 2. The molecule has 0 fully saturated rings. The molecule has 5 heteroatoms. The summed E-state index contributed by atoms with van der Waals surface area (Å²) >= 11 is 0. The van der Waals surface area contributed by atoms with Gasteiger partial charge >= 0.3 is 0 Å². The Morgan fingerprint density at radius 2 is 2.03 bits per heavy atom.